The van der Waals surface area contributed by atoms with E-state index < -0.39 is 0 Å². The van der Waals surface area contributed by atoms with E-state index in [0.717, 1.165) is 56.7 Å². The van der Waals surface area contributed by atoms with Gasteiger partial charge in [-0.25, -0.2) is 0 Å². The molecule has 1 fully saturated rings. The van der Waals surface area contributed by atoms with Gasteiger partial charge in [0.25, 0.3) is 0 Å². The van der Waals surface area contributed by atoms with Gasteiger partial charge in [-0.2, -0.15) is 4.98 Å². The fourth-order valence-corrected chi connectivity index (χ4v) is 3.62. The molecule has 3 rings (SSSR count). The number of carbonyl (C=O) groups is 1. The maximum atomic E-state index is 12.5. The molecule has 26 heavy (non-hydrogen) atoms. The summed E-state index contributed by atoms with van der Waals surface area (Å²) in [6, 6.07) is 2.37. The predicted octanol–water partition coefficient (Wildman–Crippen LogP) is 2.81. The summed E-state index contributed by atoms with van der Waals surface area (Å²) in [4.78, 5) is 21.3. The fraction of sp³-hybridized carbons (Fsp3) is 0.632. The van der Waals surface area contributed by atoms with E-state index in [1.54, 1.807) is 12.5 Å². The minimum Gasteiger partial charge on any atom is -0.472 e. The Bertz CT molecular complexity index is 683. The molecule has 0 radical (unpaired) electrons. The minimum absolute atomic E-state index is 0.240. The van der Waals surface area contributed by atoms with Gasteiger partial charge >= 0.3 is 0 Å². The summed E-state index contributed by atoms with van der Waals surface area (Å²) < 4.78 is 10.1. The lowest BCUT2D eigenvalue weighted by molar-refractivity contribution is -0.131. The van der Waals surface area contributed by atoms with Crippen LogP contribution in [0.2, 0.25) is 0 Å². The lowest BCUT2D eigenvalue weighted by Gasteiger charge is -2.28. The Hall–Kier alpha value is -2.15. The number of nitrogens with zero attached hydrogens (tertiary/aromatic N) is 4. The highest BCUT2D eigenvalue weighted by molar-refractivity contribution is 5.76. The van der Waals surface area contributed by atoms with Crippen molar-refractivity contribution in [3.63, 3.8) is 0 Å². The number of aryl methyl sites for hydroxylation is 2. The number of likely N-dealkylation sites (tertiary alicyclic amines) is 1. The van der Waals surface area contributed by atoms with Crippen LogP contribution in [0.3, 0.4) is 0 Å². The lowest BCUT2D eigenvalue weighted by Crippen LogP contribution is -2.37. The topological polar surface area (TPSA) is 75.6 Å². The maximum Gasteiger partial charge on any atom is 0.223 e. The van der Waals surface area contributed by atoms with E-state index in [1.165, 1.54) is 0 Å². The zero-order valence-corrected chi connectivity index (χ0v) is 15.7. The Morgan fingerprint density at radius 2 is 2.27 bits per heavy atom. The van der Waals surface area contributed by atoms with E-state index in [1.807, 2.05) is 17.9 Å². The summed E-state index contributed by atoms with van der Waals surface area (Å²) in [5.74, 6) is 1.58. The van der Waals surface area contributed by atoms with Gasteiger partial charge in [-0.15, -0.1) is 0 Å². The largest absolute Gasteiger partial charge is 0.472 e. The van der Waals surface area contributed by atoms with E-state index >= 15 is 0 Å². The maximum absolute atomic E-state index is 12.5. The molecular weight excluding hydrogens is 332 g/mol. The van der Waals surface area contributed by atoms with Crippen LogP contribution in [-0.4, -0.2) is 51.5 Å². The molecule has 7 nitrogen and oxygen atoms in total. The number of furan rings is 1. The SMILES string of the molecule is CCN(Cc1noc(C)n1)[C@@H]1CCCN(C(=O)CCc2ccoc2)CC1. The van der Waals surface area contributed by atoms with Gasteiger partial charge in [0.1, 0.15) is 0 Å². The Morgan fingerprint density at radius 3 is 2.96 bits per heavy atom. The number of amides is 1. The first-order valence-corrected chi connectivity index (χ1v) is 9.47. The standard InChI is InChI=1S/C19H28N4O3/c1-3-22(13-18-20-15(2)26-21-18)17-5-4-10-23(11-8-17)19(24)7-6-16-9-12-25-14-16/h9,12,14,17H,3-8,10-11,13H2,1-2H3/t17-/m1/s1. The molecule has 0 unspecified atom stereocenters. The van der Waals surface area contributed by atoms with Gasteiger partial charge in [0.15, 0.2) is 5.82 Å². The van der Waals surface area contributed by atoms with Crippen LogP contribution in [0.5, 0.6) is 0 Å². The highest BCUT2D eigenvalue weighted by atomic mass is 16.5. The molecule has 0 bridgehead atoms. The van der Waals surface area contributed by atoms with Gasteiger partial charge < -0.3 is 13.8 Å². The third-order valence-electron chi connectivity index (χ3n) is 5.09. The quantitative estimate of drug-likeness (QED) is 0.756. The average molecular weight is 360 g/mol. The van der Waals surface area contributed by atoms with Gasteiger partial charge in [-0.05, 0) is 43.9 Å². The van der Waals surface area contributed by atoms with Gasteiger partial charge in [0.05, 0.1) is 19.1 Å². The molecule has 0 N–H and O–H groups in total. The van der Waals surface area contributed by atoms with Crippen LogP contribution in [0.4, 0.5) is 0 Å². The molecule has 142 valence electrons. The van der Waals surface area contributed by atoms with Gasteiger partial charge in [-0.1, -0.05) is 12.1 Å². The Morgan fingerprint density at radius 1 is 1.38 bits per heavy atom. The van der Waals surface area contributed by atoms with Crippen LogP contribution in [0.25, 0.3) is 0 Å². The summed E-state index contributed by atoms with van der Waals surface area (Å²) in [7, 11) is 0. The number of carbonyl (C=O) groups excluding carboxylic acids is 1. The minimum atomic E-state index is 0.240. The van der Waals surface area contributed by atoms with Crippen LogP contribution < -0.4 is 0 Å². The molecule has 1 atom stereocenters. The third-order valence-corrected chi connectivity index (χ3v) is 5.09. The lowest BCUT2D eigenvalue weighted by atomic mass is 10.1. The van der Waals surface area contributed by atoms with E-state index in [9.17, 15) is 4.79 Å². The number of hydrogen-bond acceptors (Lipinski definition) is 6. The first-order chi connectivity index (χ1) is 12.7. The highest BCUT2D eigenvalue weighted by Crippen LogP contribution is 2.19. The van der Waals surface area contributed by atoms with E-state index in [0.29, 0.717) is 24.9 Å². The predicted molar refractivity (Wildman–Crippen MR) is 96.4 cm³/mol. The highest BCUT2D eigenvalue weighted by Gasteiger charge is 2.25. The number of rotatable bonds is 7. The Labute approximate surface area is 154 Å². The van der Waals surface area contributed by atoms with Crippen molar-refractivity contribution in [3.8, 4) is 0 Å². The van der Waals surface area contributed by atoms with Crippen molar-refractivity contribution in [1.29, 1.82) is 0 Å². The number of hydrogen-bond donors (Lipinski definition) is 0. The molecule has 1 aliphatic rings. The number of aromatic nitrogens is 2. The monoisotopic (exact) mass is 360 g/mol. The van der Waals surface area contributed by atoms with Crippen LogP contribution in [0, 0.1) is 6.92 Å². The second kappa shape index (κ2) is 8.98. The van der Waals surface area contributed by atoms with Crippen LogP contribution in [0.1, 0.15) is 49.9 Å². The molecule has 0 aliphatic carbocycles. The normalized spacial score (nSPS) is 18.3. The molecule has 0 spiro atoms. The Balaban J connectivity index is 1.50. The molecule has 1 aliphatic heterocycles. The summed E-state index contributed by atoms with van der Waals surface area (Å²) >= 11 is 0. The average Bonchev–Trinajstić information content (AvgIpc) is 3.24. The van der Waals surface area contributed by atoms with Gasteiger partial charge in [0, 0.05) is 32.5 Å². The van der Waals surface area contributed by atoms with Crippen LogP contribution in [-0.2, 0) is 17.8 Å². The summed E-state index contributed by atoms with van der Waals surface area (Å²) in [6.45, 7) is 7.27. The van der Waals surface area contributed by atoms with Crippen molar-refractivity contribution < 1.29 is 13.7 Å². The molecule has 1 saturated heterocycles. The van der Waals surface area contributed by atoms with Crippen molar-refractivity contribution in [2.24, 2.45) is 0 Å². The van der Waals surface area contributed by atoms with Crippen molar-refractivity contribution in [2.75, 3.05) is 19.6 Å². The molecule has 7 heteroatoms. The van der Waals surface area contributed by atoms with E-state index in [2.05, 4.69) is 22.0 Å². The zero-order valence-electron chi connectivity index (χ0n) is 15.7. The Kier molecular flexibility index (Phi) is 6.44. The fourth-order valence-electron chi connectivity index (χ4n) is 3.62. The van der Waals surface area contributed by atoms with Crippen molar-refractivity contribution in [2.45, 2.75) is 58.5 Å². The van der Waals surface area contributed by atoms with Gasteiger partial charge in [0.2, 0.25) is 11.8 Å². The van der Waals surface area contributed by atoms with Crippen LogP contribution >= 0.6 is 0 Å². The molecular formula is C19H28N4O3. The molecule has 3 heterocycles. The molecule has 2 aromatic rings. The summed E-state index contributed by atoms with van der Waals surface area (Å²) in [5.41, 5.74) is 1.08. The zero-order chi connectivity index (χ0) is 18.4. The van der Waals surface area contributed by atoms with E-state index in [-0.39, 0.29) is 5.91 Å². The molecule has 0 saturated carbocycles. The molecule has 0 aromatic carbocycles. The third kappa shape index (κ3) is 4.94. The molecule has 2 aromatic heterocycles. The van der Waals surface area contributed by atoms with Crippen molar-refractivity contribution >= 4 is 5.91 Å². The second-order valence-electron chi connectivity index (χ2n) is 6.89. The molecule has 1 amide bonds. The first kappa shape index (κ1) is 18.6. The van der Waals surface area contributed by atoms with Crippen molar-refractivity contribution in [1.82, 2.24) is 19.9 Å². The van der Waals surface area contributed by atoms with E-state index in [4.69, 9.17) is 8.94 Å². The second-order valence-corrected chi connectivity index (χ2v) is 6.89. The summed E-state index contributed by atoms with van der Waals surface area (Å²) in [6.07, 6.45) is 7.77. The smallest absolute Gasteiger partial charge is 0.223 e. The van der Waals surface area contributed by atoms with Crippen molar-refractivity contribution in [3.05, 3.63) is 35.9 Å². The van der Waals surface area contributed by atoms with Gasteiger partial charge in [-0.3, -0.25) is 9.69 Å². The van der Waals surface area contributed by atoms with Crippen LogP contribution in [0.15, 0.2) is 27.5 Å². The first-order valence-electron chi connectivity index (χ1n) is 9.47. The summed E-state index contributed by atoms with van der Waals surface area (Å²) in [5, 5.41) is 4.01.